The Morgan fingerprint density at radius 3 is 2.55 bits per heavy atom. The van der Waals surface area contributed by atoms with Crippen LogP contribution in [-0.2, 0) is 6.42 Å². The molecule has 2 aromatic carbocycles. The summed E-state index contributed by atoms with van der Waals surface area (Å²) in [6, 6.07) is 7.95. The summed E-state index contributed by atoms with van der Waals surface area (Å²) in [5.41, 5.74) is 1.68. The van der Waals surface area contributed by atoms with Crippen molar-refractivity contribution in [3.63, 3.8) is 0 Å². The summed E-state index contributed by atoms with van der Waals surface area (Å²) in [5.74, 6) is 1.79. The van der Waals surface area contributed by atoms with E-state index in [1.54, 1.807) is 0 Å². The Labute approximate surface area is 174 Å². The van der Waals surface area contributed by atoms with Crippen molar-refractivity contribution in [1.29, 1.82) is 0 Å². The van der Waals surface area contributed by atoms with Crippen LogP contribution in [0.4, 0.5) is 8.78 Å². The molecule has 0 nitrogen and oxygen atoms in total. The van der Waals surface area contributed by atoms with Crippen LogP contribution >= 0.6 is 0 Å². The van der Waals surface area contributed by atoms with E-state index in [2.05, 4.69) is 13.0 Å². The van der Waals surface area contributed by atoms with Crippen LogP contribution in [-0.4, -0.2) is 0 Å². The van der Waals surface area contributed by atoms with Crippen LogP contribution < -0.4 is 0 Å². The molecule has 0 heterocycles. The molecule has 0 radical (unpaired) electrons. The lowest BCUT2D eigenvalue weighted by Gasteiger charge is -2.42. The van der Waals surface area contributed by atoms with Gasteiger partial charge in [-0.15, -0.1) is 0 Å². The third-order valence-corrected chi connectivity index (χ3v) is 7.70. The van der Waals surface area contributed by atoms with Gasteiger partial charge in [0.1, 0.15) is 0 Å². The van der Waals surface area contributed by atoms with Crippen molar-refractivity contribution in [3.8, 4) is 0 Å². The predicted octanol–water partition coefficient (Wildman–Crippen LogP) is 8.34. The normalized spacial score (nSPS) is 27.4. The molecule has 4 unspecified atom stereocenters. The molecule has 2 heteroatoms. The molecule has 4 rings (SSSR count). The summed E-state index contributed by atoms with van der Waals surface area (Å²) >= 11 is 0. The van der Waals surface area contributed by atoms with E-state index in [4.69, 9.17) is 0 Å². The molecule has 0 amide bonds. The van der Waals surface area contributed by atoms with E-state index in [-0.39, 0.29) is 0 Å². The molecule has 0 saturated heterocycles. The fourth-order valence-corrected chi connectivity index (χ4v) is 5.90. The summed E-state index contributed by atoms with van der Waals surface area (Å²) in [4.78, 5) is 0. The quantitative estimate of drug-likeness (QED) is 0.446. The van der Waals surface area contributed by atoms with Gasteiger partial charge in [0.2, 0.25) is 0 Å². The first kappa shape index (κ1) is 20.6. The third-order valence-electron chi connectivity index (χ3n) is 7.70. The highest BCUT2D eigenvalue weighted by Crippen LogP contribution is 2.48. The lowest BCUT2D eigenvalue weighted by Crippen LogP contribution is -2.30. The highest BCUT2D eigenvalue weighted by molar-refractivity contribution is 5.85. The molecule has 2 aliphatic carbocycles. The molecule has 4 atom stereocenters. The molecule has 2 fully saturated rings. The van der Waals surface area contributed by atoms with Crippen molar-refractivity contribution in [2.45, 2.75) is 77.6 Å². The maximum absolute atomic E-state index is 14.9. The van der Waals surface area contributed by atoms with Crippen LogP contribution in [0.15, 0.2) is 36.4 Å². The van der Waals surface area contributed by atoms with Crippen LogP contribution in [0.1, 0.15) is 82.3 Å². The largest absolute Gasteiger partial charge is 0.203 e. The maximum Gasteiger partial charge on any atom is 0.166 e. The molecule has 156 valence electrons. The predicted molar refractivity (Wildman–Crippen MR) is 118 cm³/mol. The van der Waals surface area contributed by atoms with Gasteiger partial charge in [-0.3, -0.25) is 0 Å². The first-order chi connectivity index (χ1) is 14.1. The minimum atomic E-state index is -0.669. The van der Waals surface area contributed by atoms with E-state index in [9.17, 15) is 8.78 Å². The molecule has 2 aliphatic rings. The number of rotatable bonds is 5. The fourth-order valence-electron chi connectivity index (χ4n) is 5.90. The monoisotopic (exact) mass is 396 g/mol. The molecule has 0 bridgehead atoms. The standard InChI is InChI=1S/C27H34F2/c1-3-5-6-7-24-16-23-13-12-22(17-25(23)27(29)26(24)28)21-11-10-19-14-18(4-2)8-9-20(19)15-21/h3,5,12-13,16-21H,4,6-11,14-15H2,1-2H3/b5-3+. The molecule has 0 aliphatic heterocycles. The van der Waals surface area contributed by atoms with Gasteiger partial charge in [0.05, 0.1) is 0 Å². The Hall–Kier alpha value is -1.70. The van der Waals surface area contributed by atoms with E-state index < -0.39 is 11.6 Å². The Balaban J connectivity index is 1.55. The summed E-state index contributed by atoms with van der Waals surface area (Å²) in [7, 11) is 0. The zero-order valence-electron chi connectivity index (χ0n) is 17.9. The van der Waals surface area contributed by atoms with E-state index in [0.29, 0.717) is 23.3 Å². The highest BCUT2D eigenvalue weighted by atomic mass is 19.2. The van der Waals surface area contributed by atoms with Gasteiger partial charge in [-0.25, -0.2) is 8.78 Å². The smallest absolute Gasteiger partial charge is 0.166 e. The van der Waals surface area contributed by atoms with Gasteiger partial charge in [-0.2, -0.15) is 0 Å². The molecule has 0 N–H and O–H groups in total. The van der Waals surface area contributed by atoms with Gasteiger partial charge in [-0.1, -0.05) is 44.1 Å². The maximum atomic E-state index is 14.9. The summed E-state index contributed by atoms with van der Waals surface area (Å²) < 4.78 is 29.5. The van der Waals surface area contributed by atoms with Crippen LogP contribution in [0.3, 0.4) is 0 Å². The molecule has 29 heavy (non-hydrogen) atoms. The van der Waals surface area contributed by atoms with Crippen molar-refractivity contribution in [3.05, 3.63) is 59.2 Å². The number of fused-ring (bicyclic) bond motifs is 2. The van der Waals surface area contributed by atoms with Crippen LogP contribution in [0.5, 0.6) is 0 Å². The molecular weight excluding hydrogens is 362 g/mol. The van der Waals surface area contributed by atoms with Gasteiger partial charge in [0.15, 0.2) is 11.6 Å². The Bertz CT molecular complexity index is 882. The lowest BCUT2D eigenvalue weighted by molar-refractivity contribution is 0.116. The molecule has 2 saturated carbocycles. The van der Waals surface area contributed by atoms with Gasteiger partial charge >= 0.3 is 0 Å². The molecule has 2 aromatic rings. The van der Waals surface area contributed by atoms with E-state index in [1.165, 1.54) is 50.5 Å². The Morgan fingerprint density at radius 2 is 1.76 bits per heavy atom. The second kappa shape index (κ2) is 8.98. The number of benzene rings is 2. The first-order valence-electron chi connectivity index (χ1n) is 11.6. The lowest BCUT2D eigenvalue weighted by atomic mass is 9.63. The van der Waals surface area contributed by atoms with Gasteiger partial charge in [0.25, 0.3) is 0 Å². The number of aryl methyl sites for hydroxylation is 1. The van der Waals surface area contributed by atoms with E-state index in [0.717, 1.165) is 29.6 Å². The minimum absolute atomic E-state index is 0.451. The fraction of sp³-hybridized carbons (Fsp3) is 0.556. The average molecular weight is 397 g/mol. The molecule has 0 spiro atoms. The molecule has 0 aromatic heterocycles. The first-order valence-corrected chi connectivity index (χ1v) is 11.6. The van der Waals surface area contributed by atoms with Crippen molar-refractivity contribution in [2.24, 2.45) is 17.8 Å². The van der Waals surface area contributed by atoms with E-state index in [1.807, 2.05) is 37.3 Å². The Morgan fingerprint density at radius 1 is 0.966 bits per heavy atom. The number of hydrogen-bond acceptors (Lipinski definition) is 0. The summed E-state index contributed by atoms with van der Waals surface area (Å²) in [6.07, 6.45) is 14.4. The molecular formula is C27H34F2. The van der Waals surface area contributed by atoms with Crippen LogP contribution in [0, 0.1) is 29.4 Å². The number of hydrogen-bond donors (Lipinski definition) is 0. The van der Waals surface area contributed by atoms with Gasteiger partial charge in [0, 0.05) is 5.39 Å². The second-order valence-corrected chi connectivity index (χ2v) is 9.37. The van der Waals surface area contributed by atoms with Crippen molar-refractivity contribution < 1.29 is 8.78 Å². The zero-order valence-corrected chi connectivity index (χ0v) is 17.9. The van der Waals surface area contributed by atoms with Gasteiger partial charge < -0.3 is 0 Å². The van der Waals surface area contributed by atoms with Crippen molar-refractivity contribution in [2.75, 3.05) is 0 Å². The van der Waals surface area contributed by atoms with Crippen molar-refractivity contribution >= 4 is 10.8 Å². The average Bonchev–Trinajstić information content (AvgIpc) is 2.76. The van der Waals surface area contributed by atoms with Gasteiger partial charge in [-0.05, 0) is 104 Å². The Kier molecular flexibility index (Phi) is 6.37. The SMILES string of the molecule is C/C=C/CCc1cc2ccc(C3CCC4CC(CC)CCC4C3)cc2c(F)c1F. The third kappa shape index (κ3) is 4.27. The number of allylic oxidation sites excluding steroid dienone is 2. The highest BCUT2D eigenvalue weighted by Gasteiger charge is 2.35. The topological polar surface area (TPSA) is 0 Å². The van der Waals surface area contributed by atoms with E-state index >= 15 is 0 Å². The summed E-state index contributed by atoms with van der Waals surface area (Å²) in [5, 5.41) is 1.27. The van der Waals surface area contributed by atoms with Crippen LogP contribution in [0.2, 0.25) is 0 Å². The summed E-state index contributed by atoms with van der Waals surface area (Å²) in [6.45, 7) is 4.27. The van der Waals surface area contributed by atoms with Crippen molar-refractivity contribution in [1.82, 2.24) is 0 Å². The number of halogens is 2. The minimum Gasteiger partial charge on any atom is -0.203 e. The zero-order chi connectivity index (χ0) is 20.4. The second-order valence-electron chi connectivity index (χ2n) is 9.37. The van der Waals surface area contributed by atoms with Crippen LogP contribution in [0.25, 0.3) is 10.8 Å².